The molecule has 4 rings (SSSR count). The van der Waals surface area contributed by atoms with E-state index in [4.69, 9.17) is 4.74 Å². The maximum atomic E-state index is 13.3. The quantitative estimate of drug-likeness (QED) is 0.297. The molecule has 0 radical (unpaired) electrons. The Hall–Kier alpha value is -3.28. The summed E-state index contributed by atoms with van der Waals surface area (Å²) < 4.78 is 34.3. The minimum absolute atomic E-state index is 0.0748. The van der Waals surface area contributed by atoms with Gasteiger partial charge in [-0.3, -0.25) is 4.79 Å². The van der Waals surface area contributed by atoms with Gasteiger partial charge in [-0.25, -0.2) is 22.9 Å². The van der Waals surface area contributed by atoms with E-state index in [0.29, 0.717) is 17.7 Å². The topological polar surface area (TPSA) is 118 Å². The zero-order chi connectivity index (χ0) is 30.3. The summed E-state index contributed by atoms with van der Waals surface area (Å²) in [6.45, 7) is 6.11. The van der Waals surface area contributed by atoms with Crippen LogP contribution in [0.15, 0.2) is 59.6 Å². The molecule has 2 amide bonds. The number of hydrogen-bond donors (Lipinski definition) is 2. The maximum absolute atomic E-state index is 13.3. The highest BCUT2D eigenvalue weighted by Gasteiger charge is 2.27. The average Bonchev–Trinajstić information content (AvgIpc) is 3.44. The molecule has 1 fully saturated rings. The number of amides is 2. The molecule has 0 bridgehead atoms. The van der Waals surface area contributed by atoms with Gasteiger partial charge in [0.05, 0.1) is 27.3 Å². The van der Waals surface area contributed by atoms with Gasteiger partial charge in [-0.05, 0) is 56.7 Å². The SMILES string of the molecule is CCNS(=O)(=O)c1cc(CC(=O)N(C)Cc2ccccc2)ccc1-c1cnc(C2CCC(NC(=O)OC(C)C)CC2)s1. The minimum atomic E-state index is -3.81. The summed E-state index contributed by atoms with van der Waals surface area (Å²) in [5.74, 6) is 0.148. The van der Waals surface area contributed by atoms with Crippen LogP contribution in [0.25, 0.3) is 10.4 Å². The van der Waals surface area contributed by atoms with Gasteiger partial charge < -0.3 is 15.0 Å². The number of thiazole rings is 1. The lowest BCUT2D eigenvalue weighted by atomic mass is 9.86. The van der Waals surface area contributed by atoms with Crippen molar-refractivity contribution in [2.24, 2.45) is 0 Å². The number of nitrogens with zero attached hydrogens (tertiary/aromatic N) is 2. The maximum Gasteiger partial charge on any atom is 0.407 e. The summed E-state index contributed by atoms with van der Waals surface area (Å²) in [6, 6.07) is 15.0. The van der Waals surface area contributed by atoms with Crippen molar-refractivity contribution in [3.05, 3.63) is 70.9 Å². The number of carbonyl (C=O) groups is 2. The van der Waals surface area contributed by atoms with Crippen molar-refractivity contribution < 1.29 is 22.7 Å². The first kappa shape index (κ1) is 31.7. The molecule has 1 heterocycles. The summed E-state index contributed by atoms with van der Waals surface area (Å²) in [6.07, 6.45) is 4.69. The fourth-order valence-corrected chi connectivity index (χ4v) is 7.63. The average molecular weight is 613 g/mol. The molecule has 1 aliphatic rings. The number of alkyl carbamates (subject to hydrolysis) is 1. The standard InChI is InChI=1S/C31H40N4O5S2/c1-5-33-42(38,39)28-17-23(18-29(36)35(4)20-22-9-7-6-8-10-22)11-16-26(28)27-19-32-30(41-27)24-12-14-25(15-13-24)34-31(37)40-21(2)3/h6-11,16-17,19,21,24-25,33H,5,12-15,18,20H2,1-4H3,(H,34,37). The van der Waals surface area contributed by atoms with Gasteiger partial charge in [0.2, 0.25) is 15.9 Å². The molecule has 0 saturated heterocycles. The Balaban J connectivity index is 1.48. The molecule has 0 atom stereocenters. The van der Waals surface area contributed by atoms with Crippen LogP contribution < -0.4 is 10.0 Å². The zero-order valence-electron chi connectivity index (χ0n) is 24.6. The number of likely N-dealkylation sites (N-methyl/N-ethyl adjacent to an activating group) is 1. The lowest BCUT2D eigenvalue weighted by Crippen LogP contribution is -2.38. The number of hydrogen-bond acceptors (Lipinski definition) is 7. The summed E-state index contributed by atoms with van der Waals surface area (Å²) in [7, 11) is -2.06. The van der Waals surface area contributed by atoms with E-state index in [-0.39, 0.29) is 47.9 Å². The Kier molecular flexibility index (Phi) is 10.7. The second-order valence-corrected chi connectivity index (χ2v) is 13.8. The Morgan fingerprint density at radius 3 is 2.45 bits per heavy atom. The Bertz CT molecular complexity index is 1470. The highest BCUT2D eigenvalue weighted by molar-refractivity contribution is 7.89. The predicted molar refractivity (Wildman–Crippen MR) is 165 cm³/mol. The normalized spacial score (nSPS) is 17.2. The number of rotatable bonds is 11. The molecule has 0 aliphatic heterocycles. The van der Waals surface area contributed by atoms with Crippen LogP contribution in [0.5, 0.6) is 0 Å². The predicted octanol–water partition coefficient (Wildman–Crippen LogP) is 5.47. The van der Waals surface area contributed by atoms with Crippen LogP contribution in [-0.4, -0.2) is 56.0 Å². The largest absolute Gasteiger partial charge is 0.447 e. The lowest BCUT2D eigenvalue weighted by Gasteiger charge is -2.28. The van der Waals surface area contributed by atoms with Gasteiger partial charge in [-0.1, -0.05) is 49.4 Å². The van der Waals surface area contributed by atoms with Gasteiger partial charge in [0.25, 0.3) is 0 Å². The van der Waals surface area contributed by atoms with Gasteiger partial charge in [-0.2, -0.15) is 0 Å². The number of sulfonamides is 1. The monoisotopic (exact) mass is 612 g/mol. The van der Waals surface area contributed by atoms with Crippen molar-refractivity contribution in [1.82, 2.24) is 19.9 Å². The third kappa shape index (κ3) is 8.39. The van der Waals surface area contributed by atoms with Gasteiger partial charge >= 0.3 is 6.09 Å². The van der Waals surface area contributed by atoms with Gasteiger partial charge in [0.1, 0.15) is 0 Å². The van der Waals surface area contributed by atoms with E-state index in [0.717, 1.165) is 41.1 Å². The number of benzene rings is 2. The van der Waals surface area contributed by atoms with Crippen LogP contribution in [0.1, 0.15) is 68.5 Å². The zero-order valence-corrected chi connectivity index (χ0v) is 26.3. The van der Waals surface area contributed by atoms with E-state index < -0.39 is 10.0 Å². The molecule has 9 nitrogen and oxygen atoms in total. The van der Waals surface area contributed by atoms with E-state index in [1.54, 1.807) is 37.2 Å². The molecular formula is C31H40N4O5S2. The van der Waals surface area contributed by atoms with Crippen molar-refractivity contribution in [3.8, 4) is 10.4 Å². The third-order valence-electron chi connectivity index (χ3n) is 7.24. The summed E-state index contributed by atoms with van der Waals surface area (Å²) in [4.78, 5) is 32.2. The fraction of sp³-hybridized carbons (Fsp3) is 0.452. The number of ether oxygens (including phenoxy) is 1. The lowest BCUT2D eigenvalue weighted by molar-refractivity contribution is -0.129. The van der Waals surface area contributed by atoms with E-state index in [2.05, 4.69) is 15.0 Å². The van der Waals surface area contributed by atoms with Crippen molar-refractivity contribution in [2.75, 3.05) is 13.6 Å². The van der Waals surface area contributed by atoms with Crippen molar-refractivity contribution in [2.45, 2.75) is 82.4 Å². The molecule has 11 heteroatoms. The Morgan fingerprint density at radius 2 is 1.79 bits per heavy atom. The fourth-order valence-electron chi connectivity index (χ4n) is 5.13. The third-order valence-corrected chi connectivity index (χ3v) is 10.0. The van der Waals surface area contributed by atoms with Crippen LogP contribution in [0, 0.1) is 0 Å². The van der Waals surface area contributed by atoms with Crippen molar-refractivity contribution >= 4 is 33.4 Å². The smallest absolute Gasteiger partial charge is 0.407 e. The molecule has 1 aromatic heterocycles. The molecule has 1 saturated carbocycles. The molecule has 3 aromatic rings. The Labute approximate surface area is 252 Å². The van der Waals surface area contributed by atoms with E-state index in [9.17, 15) is 18.0 Å². The molecule has 1 aliphatic carbocycles. The second-order valence-electron chi connectivity index (χ2n) is 11.0. The molecule has 42 heavy (non-hydrogen) atoms. The summed E-state index contributed by atoms with van der Waals surface area (Å²) >= 11 is 1.50. The van der Waals surface area contributed by atoms with Crippen LogP contribution in [0.4, 0.5) is 4.79 Å². The number of nitrogens with one attached hydrogen (secondary N) is 2. The van der Waals surface area contributed by atoms with Crippen molar-refractivity contribution in [1.29, 1.82) is 0 Å². The van der Waals surface area contributed by atoms with Crippen LogP contribution in [0.3, 0.4) is 0 Å². The number of carbonyl (C=O) groups excluding carboxylic acids is 2. The molecule has 2 aromatic carbocycles. The number of aromatic nitrogens is 1. The summed E-state index contributed by atoms with van der Waals surface area (Å²) in [5, 5.41) is 3.91. The van der Waals surface area contributed by atoms with E-state index in [1.807, 2.05) is 50.2 Å². The molecular weight excluding hydrogens is 572 g/mol. The summed E-state index contributed by atoms with van der Waals surface area (Å²) in [5.41, 5.74) is 2.23. The Morgan fingerprint density at radius 1 is 1.07 bits per heavy atom. The van der Waals surface area contributed by atoms with E-state index in [1.165, 1.54) is 11.3 Å². The molecule has 2 N–H and O–H groups in total. The van der Waals surface area contributed by atoms with Crippen LogP contribution in [0.2, 0.25) is 0 Å². The molecule has 0 unspecified atom stereocenters. The first-order valence-corrected chi connectivity index (χ1v) is 16.7. The minimum Gasteiger partial charge on any atom is -0.447 e. The van der Waals surface area contributed by atoms with Crippen LogP contribution in [-0.2, 0) is 32.5 Å². The second kappa shape index (κ2) is 14.3. The first-order chi connectivity index (χ1) is 20.1. The van der Waals surface area contributed by atoms with E-state index >= 15 is 0 Å². The van der Waals surface area contributed by atoms with Crippen LogP contribution >= 0.6 is 11.3 Å². The highest BCUT2D eigenvalue weighted by atomic mass is 32.2. The molecule has 0 spiro atoms. The van der Waals surface area contributed by atoms with Crippen molar-refractivity contribution in [3.63, 3.8) is 0 Å². The van der Waals surface area contributed by atoms with Gasteiger partial charge in [0, 0.05) is 43.9 Å². The first-order valence-electron chi connectivity index (χ1n) is 14.4. The highest BCUT2D eigenvalue weighted by Crippen LogP contribution is 2.39. The van der Waals surface area contributed by atoms with Gasteiger partial charge in [0.15, 0.2) is 0 Å². The van der Waals surface area contributed by atoms with Gasteiger partial charge in [-0.15, -0.1) is 11.3 Å². The molecule has 226 valence electrons.